The van der Waals surface area contributed by atoms with E-state index in [1.165, 1.54) is 0 Å². The predicted molar refractivity (Wildman–Crippen MR) is 82.4 cm³/mol. The molecule has 0 amide bonds. The Morgan fingerprint density at radius 2 is 1.68 bits per heavy atom. The van der Waals surface area contributed by atoms with Crippen LogP contribution in [0.1, 0.15) is 54.4 Å². The molecule has 0 aromatic heterocycles. The maximum Gasteiger partial charge on any atom is 0.478 e. The van der Waals surface area contributed by atoms with Crippen molar-refractivity contribution in [1.29, 1.82) is 0 Å². The maximum absolute atomic E-state index is 12.7. The summed E-state index contributed by atoms with van der Waals surface area (Å²) in [4.78, 5) is 11.8. The number of carbonyl (C=O) groups is 1. The van der Waals surface area contributed by atoms with Crippen molar-refractivity contribution in [3.05, 3.63) is 0 Å². The van der Waals surface area contributed by atoms with Crippen LogP contribution in [0.15, 0.2) is 0 Å². The lowest BCUT2D eigenvalue weighted by atomic mass is 10.2. The molecule has 0 bridgehead atoms. The minimum Gasteiger partial charge on any atom is -0.437 e. The van der Waals surface area contributed by atoms with Gasteiger partial charge in [0.2, 0.25) is 6.79 Å². The van der Waals surface area contributed by atoms with E-state index in [-0.39, 0.29) is 6.04 Å². The normalized spacial score (nSPS) is 20.2. The van der Waals surface area contributed by atoms with Crippen LogP contribution in [-0.4, -0.2) is 36.6 Å². The summed E-state index contributed by atoms with van der Waals surface area (Å²) in [5.74, 6) is -0.421. The van der Waals surface area contributed by atoms with Gasteiger partial charge in [-0.2, -0.15) is 0 Å². The Hall–Kier alpha value is -0.460. The van der Waals surface area contributed by atoms with Crippen molar-refractivity contribution in [3.63, 3.8) is 0 Å². The summed E-state index contributed by atoms with van der Waals surface area (Å²) in [5.41, 5.74) is -1.45. The van der Waals surface area contributed by atoms with Gasteiger partial charge >= 0.3 is 13.8 Å². The van der Waals surface area contributed by atoms with Gasteiger partial charge in [-0.05, 0) is 60.9 Å². The quantitative estimate of drug-likeness (QED) is 0.453. The largest absolute Gasteiger partial charge is 0.478 e. The Kier molecular flexibility index (Phi) is 6.59. The fourth-order valence-corrected chi connectivity index (χ4v) is 3.54. The van der Waals surface area contributed by atoms with Crippen LogP contribution in [-0.2, 0) is 27.7 Å². The first-order chi connectivity index (χ1) is 9.90. The highest BCUT2D eigenvalue weighted by Crippen LogP contribution is 2.55. The Morgan fingerprint density at radius 3 is 2.09 bits per heavy atom. The van der Waals surface area contributed by atoms with Crippen LogP contribution < -0.4 is 5.32 Å². The molecule has 1 atom stereocenters. The second-order valence-corrected chi connectivity index (χ2v) is 8.73. The highest BCUT2D eigenvalue weighted by atomic mass is 31.2. The summed E-state index contributed by atoms with van der Waals surface area (Å²) in [6, 6.07) is -0.324. The van der Waals surface area contributed by atoms with E-state index in [1.54, 1.807) is 41.5 Å². The van der Waals surface area contributed by atoms with Crippen LogP contribution in [0.3, 0.4) is 0 Å². The molecule has 1 aliphatic rings. The Bertz CT molecular complexity index is 400. The van der Waals surface area contributed by atoms with Gasteiger partial charge in [0.1, 0.15) is 6.04 Å². The number of hydrogen-bond acceptors (Lipinski definition) is 7. The molecule has 1 N–H and O–H groups in total. The minimum absolute atomic E-state index is 0.324. The lowest BCUT2D eigenvalue weighted by molar-refractivity contribution is -0.154. The van der Waals surface area contributed by atoms with Gasteiger partial charge < -0.3 is 10.1 Å². The van der Waals surface area contributed by atoms with E-state index in [4.69, 9.17) is 18.3 Å². The molecule has 0 radical (unpaired) electrons. The zero-order valence-electron chi connectivity index (χ0n) is 14.3. The molecular formula is C14H28NO6P. The summed E-state index contributed by atoms with van der Waals surface area (Å²) in [5, 5.41) is 3.02. The molecule has 1 rings (SSSR count). The molecule has 22 heavy (non-hydrogen) atoms. The average molecular weight is 337 g/mol. The lowest BCUT2D eigenvalue weighted by Crippen LogP contribution is -2.33. The van der Waals surface area contributed by atoms with Crippen LogP contribution in [0.5, 0.6) is 0 Å². The maximum atomic E-state index is 12.7. The van der Waals surface area contributed by atoms with Gasteiger partial charge in [0.15, 0.2) is 0 Å². The van der Waals surface area contributed by atoms with Crippen LogP contribution in [0.2, 0.25) is 0 Å². The Morgan fingerprint density at radius 1 is 1.14 bits per heavy atom. The minimum atomic E-state index is -3.85. The predicted octanol–water partition coefficient (Wildman–Crippen LogP) is 2.99. The lowest BCUT2D eigenvalue weighted by Gasteiger charge is -2.30. The molecule has 1 fully saturated rings. The molecule has 0 spiro atoms. The molecule has 0 saturated carbocycles. The van der Waals surface area contributed by atoms with E-state index >= 15 is 0 Å². The van der Waals surface area contributed by atoms with Crippen molar-refractivity contribution in [2.45, 2.75) is 71.6 Å². The molecule has 0 aromatic rings. The Labute approximate surface area is 132 Å². The Balaban J connectivity index is 2.57. The third-order valence-corrected chi connectivity index (χ3v) is 4.49. The average Bonchev–Trinajstić information content (AvgIpc) is 2.75. The number of hydrogen-bond donors (Lipinski definition) is 1. The fourth-order valence-electron chi connectivity index (χ4n) is 1.88. The zero-order valence-corrected chi connectivity index (χ0v) is 15.2. The van der Waals surface area contributed by atoms with Gasteiger partial charge in [-0.1, -0.05) is 0 Å². The van der Waals surface area contributed by atoms with Crippen LogP contribution >= 0.6 is 7.82 Å². The number of ether oxygens (including phenoxy) is 1. The number of carbonyl (C=O) groups excluding carboxylic acids is 1. The van der Waals surface area contributed by atoms with Crippen molar-refractivity contribution in [2.75, 3.05) is 13.3 Å². The number of nitrogens with one attached hydrogen (secondary N) is 1. The van der Waals surface area contributed by atoms with Crippen molar-refractivity contribution >= 4 is 13.8 Å². The molecule has 130 valence electrons. The molecule has 0 unspecified atom stereocenters. The molecule has 1 aliphatic heterocycles. The number of rotatable bonds is 6. The zero-order chi connectivity index (χ0) is 17.0. The van der Waals surface area contributed by atoms with Gasteiger partial charge in [0.25, 0.3) is 0 Å². The van der Waals surface area contributed by atoms with Crippen LogP contribution in [0, 0.1) is 0 Å². The summed E-state index contributed by atoms with van der Waals surface area (Å²) >= 11 is 0. The first kappa shape index (κ1) is 19.6. The molecule has 7 nitrogen and oxygen atoms in total. The highest BCUT2D eigenvalue weighted by molar-refractivity contribution is 7.48. The van der Waals surface area contributed by atoms with Gasteiger partial charge in [-0.25, -0.2) is 9.09 Å². The molecule has 1 heterocycles. The molecule has 0 aromatic carbocycles. The van der Waals surface area contributed by atoms with Crippen molar-refractivity contribution in [2.24, 2.45) is 0 Å². The van der Waals surface area contributed by atoms with E-state index in [0.717, 1.165) is 19.4 Å². The van der Waals surface area contributed by atoms with Crippen LogP contribution in [0.25, 0.3) is 0 Å². The summed E-state index contributed by atoms with van der Waals surface area (Å²) in [6.45, 7) is 10.8. The van der Waals surface area contributed by atoms with Gasteiger partial charge in [0, 0.05) is 0 Å². The first-order valence-corrected chi connectivity index (χ1v) is 8.92. The second kappa shape index (κ2) is 7.41. The van der Waals surface area contributed by atoms with Crippen molar-refractivity contribution in [1.82, 2.24) is 5.32 Å². The molecular weight excluding hydrogens is 309 g/mol. The standard InChI is InChI=1S/C14H28NO6P/c1-13(2,3)20-22(17,21-14(4,5)6)19-10-18-12(16)11-8-7-9-15-11/h11,15H,7-10H2,1-6H3/t11-/m0/s1. The van der Waals surface area contributed by atoms with Crippen molar-refractivity contribution in [3.8, 4) is 0 Å². The van der Waals surface area contributed by atoms with E-state index < -0.39 is 31.8 Å². The monoisotopic (exact) mass is 337 g/mol. The molecule has 1 saturated heterocycles. The van der Waals surface area contributed by atoms with E-state index in [1.807, 2.05) is 0 Å². The number of phosphoric acid groups is 1. The smallest absolute Gasteiger partial charge is 0.437 e. The van der Waals surface area contributed by atoms with E-state index in [9.17, 15) is 9.36 Å². The summed E-state index contributed by atoms with van der Waals surface area (Å²) in [7, 11) is -3.85. The van der Waals surface area contributed by atoms with E-state index in [2.05, 4.69) is 5.32 Å². The van der Waals surface area contributed by atoms with Crippen molar-refractivity contribution < 1.29 is 27.7 Å². The third-order valence-electron chi connectivity index (χ3n) is 2.53. The number of esters is 1. The van der Waals surface area contributed by atoms with E-state index in [0.29, 0.717) is 0 Å². The topological polar surface area (TPSA) is 83.1 Å². The fraction of sp³-hybridized carbons (Fsp3) is 0.929. The first-order valence-electron chi connectivity index (χ1n) is 7.46. The SMILES string of the molecule is CC(C)(C)OP(=O)(OCOC(=O)[C@@H]1CCCN1)OC(C)(C)C. The molecule has 8 heteroatoms. The second-order valence-electron chi connectivity index (χ2n) is 7.21. The van der Waals surface area contributed by atoms with Crippen LogP contribution in [0.4, 0.5) is 0 Å². The third kappa shape index (κ3) is 7.70. The van der Waals surface area contributed by atoms with Gasteiger partial charge in [-0.3, -0.25) is 13.8 Å². The highest BCUT2D eigenvalue weighted by Gasteiger charge is 2.37. The molecule has 0 aliphatic carbocycles. The summed E-state index contributed by atoms with van der Waals surface area (Å²) < 4.78 is 33.6. The number of phosphoric ester groups is 1. The van der Waals surface area contributed by atoms with Gasteiger partial charge in [-0.15, -0.1) is 0 Å². The summed E-state index contributed by atoms with van der Waals surface area (Å²) in [6.07, 6.45) is 1.66. The van der Waals surface area contributed by atoms with Gasteiger partial charge in [0.05, 0.1) is 11.2 Å².